The molecule has 3 heterocycles. The number of unbranched alkanes of at least 4 members (excludes halogenated alkanes) is 2. The first-order valence-corrected chi connectivity index (χ1v) is 11.0. The van der Waals surface area contributed by atoms with E-state index in [1.165, 1.54) is 0 Å². The van der Waals surface area contributed by atoms with Crippen molar-refractivity contribution in [2.24, 2.45) is 0 Å². The number of benzene rings is 1. The van der Waals surface area contributed by atoms with E-state index < -0.39 is 17.6 Å². The van der Waals surface area contributed by atoms with E-state index in [1.54, 1.807) is 25.9 Å². The standard InChI is InChI=1S/C23H30N4O4/c1-5-6-7-11-24-20(28)14(2)27-21(29)23(3)19-16(10-12-26(23)22(27)30)17-13-15(31-4)8-9-18(17)25-19/h8-9,13-14,25H,5-7,10-12H2,1-4H3,(H,24,28)/t14-,23+/m0/s1. The molecule has 0 radical (unpaired) electrons. The first-order valence-electron chi connectivity index (χ1n) is 11.0. The normalized spacial score (nSPS) is 21.3. The summed E-state index contributed by atoms with van der Waals surface area (Å²) < 4.78 is 5.36. The minimum Gasteiger partial charge on any atom is -0.497 e. The minimum atomic E-state index is -1.16. The highest BCUT2D eigenvalue weighted by Gasteiger charge is 2.60. The lowest BCUT2D eigenvalue weighted by Gasteiger charge is -2.36. The van der Waals surface area contributed by atoms with Gasteiger partial charge in [0.1, 0.15) is 11.8 Å². The summed E-state index contributed by atoms with van der Waals surface area (Å²) in [5, 5.41) is 3.85. The monoisotopic (exact) mass is 426 g/mol. The van der Waals surface area contributed by atoms with Gasteiger partial charge in [-0.2, -0.15) is 0 Å². The SMILES string of the molecule is CCCCCNC(=O)[C@H](C)N1C(=O)N2CCc3c([nH]c4ccc(OC)cc34)[C@]2(C)C1=O. The van der Waals surface area contributed by atoms with E-state index in [4.69, 9.17) is 4.74 Å². The molecule has 1 saturated heterocycles. The van der Waals surface area contributed by atoms with Crippen molar-refractivity contribution in [2.45, 2.75) is 58.0 Å². The number of fused-ring (bicyclic) bond motifs is 5. The summed E-state index contributed by atoms with van der Waals surface area (Å²) in [4.78, 5) is 45.5. The van der Waals surface area contributed by atoms with Crippen LogP contribution in [0.2, 0.25) is 0 Å². The Kier molecular flexibility index (Phi) is 5.41. The lowest BCUT2D eigenvalue weighted by molar-refractivity contribution is -0.139. The Morgan fingerprint density at radius 2 is 2.10 bits per heavy atom. The molecule has 2 aliphatic heterocycles. The molecule has 8 nitrogen and oxygen atoms in total. The molecule has 1 aromatic carbocycles. The van der Waals surface area contributed by atoms with Gasteiger partial charge in [-0.1, -0.05) is 19.8 Å². The van der Waals surface area contributed by atoms with Crippen molar-refractivity contribution in [3.05, 3.63) is 29.5 Å². The minimum absolute atomic E-state index is 0.303. The number of carbonyl (C=O) groups is 3. The van der Waals surface area contributed by atoms with Crippen molar-refractivity contribution < 1.29 is 19.1 Å². The molecule has 4 amide bonds. The van der Waals surface area contributed by atoms with Crippen LogP contribution >= 0.6 is 0 Å². The number of rotatable bonds is 7. The first kappa shape index (κ1) is 21.2. The molecular weight excluding hydrogens is 396 g/mol. The number of carbonyl (C=O) groups excluding carboxylic acids is 3. The van der Waals surface area contributed by atoms with Crippen LogP contribution in [0, 0.1) is 0 Å². The molecule has 2 aliphatic rings. The fraction of sp³-hybridized carbons (Fsp3) is 0.522. The third-order valence-corrected chi connectivity index (χ3v) is 6.64. The van der Waals surface area contributed by atoms with Gasteiger partial charge in [0.2, 0.25) is 5.91 Å². The van der Waals surface area contributed by atoms with Gasteiger partial charge < -0.3 is 19.9 Å². The second-order valence-corrected chi connectivity index (χ2v) is 8.50. The smallest absolute Gasteiger partial charge is 0.328 e. The molecule has 166 valence electrons. The first-order chi connectivity index (χ1) is 14.8. The number of methoxy groups -OCH3 is 1. The van der Waals surface area contributed by atoms with E-state index >= 15 is 0 Å². The Bertz CT molecular complexity index is 1050. The average molecular weight is 427 g/mol. The van der Waals surface area contributed by atoms with Gasteiger partial charge in [-0.15, -0.1) is 0 Å². The molecule has 2 N–H and O–H groups in total. The topological polar surface area (TPSA) is 94.7 Å². The van der Waals surface area contributed by atoms with Crippen molar-refractivity contribution in [1.29, 1.82) is 0 Å². The Labute approximate surface area is 181 Å². The highest BCUT2D eigenvalue weighted by molar-refractivity contribution is 6.11. The van der Waals surface area contributed by atoms with Gasteiger partial charge >= 0.3 is 6.03 Å². The van der Waals surface area contributed by atoms with Gasteiger partial charge in [-0.05, 0) is 50.5 Å². The molecule has 1 fully saturated rings. The quantitative estimate of drug-likeness (QED) is 0.526. The number of H-pyrrole nitrogens is 1. The van der Waals surface area contributed by atoms with E-state index in [1.807, 2.05) is 18.2 Å². The van der Waals surface area contributed by atoms with E-state index in [-0.39, 0.29) is 11.8 Å². The summed E-state index contributed by atoms with van der Waals surface area (Å²) in [6, 6.07) is 4.46. The zero-order valence-corrected chi connectivity index (χ0v) is 18.6. The number of hydrogen-bond donors (Lipinski definition) is 2. The van der Waals surface area contributed by atoms with E-state index in [0.29, 0.717) is 19.5 Å². The number of ether oxygens (including phenoxy) is 1. The molecule has 0 aliphatic carbocycles. The third kappa shape index (κ3) is 3.16. The zero-order chi connectivity index (χ0) is 22.3. The number of amides is 4. The molecule has 2 aromatic rings. The molecule has 0 spiro atoms. The van der Waals surface area contributed by atoms with Crippen molar-refractivity contribution in [3.8, 4) is 5.75 Å². The number of nitrogens with one attached hydrogen (secondary N) is 2. The van der Waals surface area contributed by atoms with E-state index in [9.17, 15) is 14.4 Å². The maximum atomic E-state index is 13.6. The van der Waals surface area contributed by atoms with Crippen LogP contribution in [0.25, 0.3) is 10.9 Å². The Balaban J connectivity index is 1.65. The molecule has 31 heavy (non-hydrogen) atoms. The molecule has 0 unspecified atom stereocenters. The Morgan fingerprint density at radius 1 is 1.32 bits per heavy atom. The number of aromatic nitrogens is 1. The van der Waals surface area contributed by atoms with Crippen LogP contribution < -0.4 is 10.1 Å². The van der Waals surface area contributed by atoms with E-state index in [0.717, 1.165) is 52.1 Å². The van der Waals surface area contributed by atoms with Crippen LogP contribution in [0.4, 0.5) is 4.79 Å². The largest absolute Gasteiger partial charge is 0.497 e. The van der Waals surface area contributed by atoms with Crippen molar-refractivity contribution in [2.75, 3.05) is 20.2 Å². The van der Waals surface area contributed by atoms with Gasteiger partial charge in [0.25, 0.3) is 5.91 Å². The lowest BCUT2D eigenvalue weighted by Crippen LogP contribution is -2.50. The Morgan fingerprint density at radius 3 is 2.81 bits per heavy atom. The molecule has 2 atom stereocenters. The van der Waals surface area contributed by atoms with Crippen LogP contribution in [0.15, 0.2) is 18.2 Å². The van der Waals surface area contributed by atoms with Crippen LogP contribution in [-0.4, -0.2) is 58.9 Å². The van der Waals surface area contributed by atoms with Crippen LogP contribution in [0.5, 0.6) is 5.75 Å². The van der Waals surface area contributed by atoms with Crippen molar-refractivity contribution in [3.63, 3.8) is 0 Å². The predicted octanol–water partition coefficient (Wildman–Crippen LogP) is 2.91. The fourth-order valence-electron chi connectivity index (χ4n) is 4.77. The van der Waals surface area contributed by atoms with Crippen LogP contribution in [0.1, 0.15) is 51.3 Å². The molecule has 0 saturated carbocycles. The van der Waals surface area contributed by atoms with Gasteiger partial charge in [-0.3, -0.25) is 9.59 Å². The summed E-state index contributed by atoms with van der Waals surface area (Å²) >= 11 is 0. The second-order valence-electron chi connectivity index (χ2n) is 8.50. The molecule has 0 bridgehead atoms. The summed E-state index contributed by atoms with van der Waals surface area (Å²) in [6.45, 7) is 6.44. The maximum Gasteiger partial charge on any atom is 0.328 e. The number of hydrogen-bond acceptors (Lipinski definition) is 4. The molecule has 4 rings (SSSR count). The summed E-state index contributed by atoms with van der Waals surface area (Å²) in [5.74, 6) is 0.0711. The van der Waals surface area contributed by atoms with Gasteiger partial charge in [0.15, 0.2) is 5.54 Å². The van der Waals surface area contributed by atoms with Gasteiger partial charge in [0.05, 0.1) is 12.8 Å². The number of aromatic amines is 1. The van der Waals surface area contributed by atoms with E-state index in [2.05, 4.69) is 17.2 Å². The van der Waals surface area contributed by atoms with Gasteiger partial charge in [0, 0.05) is 24.0 Å². The molecular formula is C23H30N4O4. The third-order valence-electron chi connectivity index (χ3n) is 6.64. The molecule has 1 aromatic heterocycles. The lowest BCUT2D eigenvalue weighted by atomic mass is 9.87. The number of urea groups is 1. The van der Waals surface area contributed by atoms with Crippen molar-refractivity contribution >= 4 is 28.7 Å². The summed E-state index contributed by atoms with van der Waals surface area (Å²) in [5.41, 5.74) is 1.48. The molecule has 8 heteroatoms. The maximum absolute atomic E-state index is 13.6. The average Bonchev–Trinajstić information content (AvgIpc) is 3.24. The zero-order valence-electron chi connectivity index (χ0n) is 18.6. The van der Waals surface area contributed by atoms with Crippen molar-refractivity contribution in [1.82, 2.24) is 20.1 Å². The van der Waals surface area contributed by atoms with Crippen LogP contribution in [0.3, 0.4) is 0 Å². The number of imide groups is 1. The summed E-state index contributed by atoms with van der Waals surface area (Å²) in [6.07, 6.45) is 3.59. The second kappa shape index (κ2) is 7.90. The summed E-state index contributed by atoms with van der Waals surface area (Å²) in [7, 11) is 1.62. The Hall–Kier alpha value is -3.03. The predicted molar refractivity (Wildman–Crippen MR) is 117 cm³/mol. The fourth-order valence-corrected chi connectivity index (χ4v) is 4.77. The van der Waals surface area contributed by atoms with Crippen LogP contribution in [-0.2, 0) is 21.5 Å². The highest BCUT2D eigenvalue weighted by atomic mass is 16.5. The highest BCUT2D eigenvalue weighted by Crippen LogP contribution is 2.45. The van der Waals surface area contributed by atoms with Gasteiger partial charge in [-0.25, -0.2) is 9.69 Å². The number of nitrogens with zero attached hydrogens (tertiary/aromatic N) is 2.